The fraction of sp³-hybridized carbons (Fsp3) is 0.263. The lowest BCUT2D eigenvalue weighted by Crippen LogP contribution is -2.28. The Hall–Kier alpha value is -3.02. The molecule has 0 fully saturated rings. The van der Waals surface area contributed by atoms with Gasteiger partial charge in [0, 0.05) is 25.1 Å². The zero-order chi connectivity index (χ0) is 17.8. The topological polar surface area (TPSA) is 80.1 Å². The SMILES string of the molecule is CC(C)N=c1ccccn1C(=O)CCc1nc2ccccc2c(=O)[nH]1. The molecule has 0 unspecified atom stereocenters. The molecule has 0 amide bonds. The Morgan fingerprint density at radius 1 is 1.20 bits per heavy atom. The van der Waals surface area contributed by atoms with Crippen molar-refractivity contribution >= 4 is 16.8 Å². The molecular weight excluding hydrogens is 316 g/mol. The summed E-state index contributed by atoms with van der Waals surface area (Å²) in [7, 11) is 0. The minimum absolute atomic E-state index is 0.0872. The monoisotopic (exact) mass is 336 g/mol. The first kappa shape index (κ1) is 16.8. The van der Waals surface area contributed by atoms with E-state index in [0.717, 1.165) is 0 Å². The number of hydrogen-bond acceptors (Lipinski definition) is 4. The number of carbonyl (C=O) groups excluding carboxylic acids is 1. The third kappa shape index (κ3) is 3.91. The van der Waals surface area contributed by atoms with Crippen molar-refractivity contribution in [3.8, 4) is 0 Å². The van der Waals surface area contributed by atoms with Crippen LogP contribution in [0.15, 0.2) is 58.4 Å². The Morgan fingerprint density at radius 2 is 1.96 bits per heavy atom. The van der Waals surface area contributed by atoms with Crippen molar-refractivity contribution in [2.24, 2.45) is 4.99 Å². The maximum atomic E-state index is 12.6. The standard InChI is InChI=1S/C19H20N4O2/c1-13(2)20-17-9-5-6-12-23(17)18(24)11-10-16-21-15-8-4-3-7-14(15)19(25)22-16/h3-9,12-13H,10-11H2,1-2H3,(H,21,22,25). The van der Waals surface area contributed by atoms with E-state index in [1.165, 1.54) is 0 Å². The third-order valence-corrected chi connectivity index (χ3v) is 3.74. The third-order valence-electron chi connectivity index (χ3n) is 3.74. The molecule has 0 aliphatic heterocycles. The first-order valence-corrected chi connectivity index (χ1v) is 8.27. The quantitative estimate of drug-likeness (QED) is 0.794. The number of nitrogens with zero attached hydrogens (tertiary/aromatic N) is 3. The molecule has 0 bridgehead atoms. The van der Waals surface area contributed by atoms with Gasteiger partial charge in [-0.25, -0.2) is 4.98 Å². The van der Waals surface area contributed by atoms with Gasteiger partial charge < -0.3 is 4.98 Å². The molecule has 1 aromatic carbocycles. The number of aromatic nitrogens is 3. The second kappa shape index (κ2) is 7.25. The van der Waals surface area contributed by atoms with Gasteiger partial charge in [0.1, 0.15) is 11.3 Å². The van der Waals surface area contributed by atoms with Crippen molar-refractivity contribution in [3.63, 3.8) is 0 Å². The van der Waals surface area contributed by atoms with Crippen LogP contribution in [0.2, 0.25) is 0 Å². The average molecular weight is 336 g/mol. The number of nitrogens with one attached hydrogen (secondary N) is 1. The molecule has 0 saturated carbocycles. The van der Waals surface area contributed by atoms with Crippen molar-refractivity contribution in [3.05, 3.63) is 70.3 Å². The summed E-state index contributed by atoms with van der Waals surface area (Å²) in [4.78, 5) is 36.3. The van der Waals surface area contributed by atoms with E-state index in [1.54, 1.807) is 35.0 Å². The molecule has 1 N–H and O–H groups in total. The highest BCUT2D eigenvalue weighted by atomic mass is 16.2. The van der Waals surface area contributed by atoms with E-state index >= 15 is 0 Å². The van der Waals surface area contributed by atoms with Crippen LogP contribution in [-0.4, -0.2) is 26.5 Å². The summed E-state index contributed by atoms with van der Waals surface area (Å²) in [6.07, 6.45) is 2.30. The molecule has 3 aromatic rings. The zero-order valence-corrected chi connectivity index (χ0v) is 14.3. The number of hydrogen-bond donors (Lipinski definition) is 1. The summed E-state index contributed by atoms with van der Waals surface area (Å²) >= 11 is 0. The van der Waals surface area contributed by atoms with Gasteiger partial charge in [0.05, 0.1) is 10.9 Å². The van der Waals surface area contributed by atoms with Crippen LogP contribution < -0.4 is 11.0 Å². The maximum absolute atomic E-state index is 12.6. The molecule has 25 heavy (non-hydrogen) atoms. The Balaban J connectivity index is 1.83. The number of H-pyrrole nitrogens is 1. The van der Waals surface area contributed by atoms with Crippen LogP contribution in [0.4, 0.5) is 0 Å². The number of carbonyl (C=O) groups is 1. The molecule has 128 valence electrons. The van der Waals surface area contributed by atoms with Gasteiger partial charge in [-0.3, -0.25) is 19.1 Å². The van der Waals surface area contributed by atoms with Gasteiger partial charge in [-0.15, -0.1) is 0 Å². The van der Waals surface area contributed by atoms with Gasteiger partial charge in [0.25, 0.3) is 5.56 Å². The second-order valence-electron chi connectivity index (χ2n) is 6.08. The highest BCUT2D eigenvalue weighted by Crippen LogP contribution is 2.07. The van der Waals surface area contributed by atoms with Crippen molar-refractivity contribution in [2.45, 2.75) is 32.7 Å². The van der Waals surface area contributed by atoms with E-state index in [2.05, 4.69) is 15.0 Å². The van der Waals surface area contributed by atoms with E-state index in [0.29, 0.717) is 28.6 Å². The molecular formula is C19H20N4O2. The van der Waals surface area contributed by atoms with Crippen LogP contribution in [0.3, 0.4) is 0 Å². The number of aryl methyl sites for hydroxylation is 1. The van der Waals surface area contributed by atoms with Gasteiger partial charge in [-0.05, 0) is 38.1 Å². The van der Waals surface area contributed by atoms with Crippen molar-refractivity contribution in [1.82, 2.24) is 14.5 Å². The minimum atomic E-state index is -0.184. The number of para-hydroxylation sites is 1. The molecule has 0 radical (unpaired) electrons. The van der Waals surface area contributed by atoms with Crippen LogP contribution in [0.5, 0.6) is 0 Å². The molecule has 0 aliphatic carbocycles. The lowest BCUT2D eigenvalue weighted by atomic mass is 10.2. The van der Waals surface area contributed by atoms with Crippen LogP contribution in [0, 0.1) is 0 Å². The van der Waals surface area contributed by atoms with Crippen molar-refractivity contribution in [1.29, 1.82) is 0 Å². The van der Waals surface area contributed by atoms with Crippen LogP contribution in [0.1, 0.15) is 30.9 Å². The average Bonchev–Trinajstić information content (AvgIpc) is 2.60. The van der Waals surface area contributed by atoms with Crippen molar-refractivity contribution in [2.75, 3.05) is 0 Å². The Labute approximate surface area is 144 Å². The Kier molecular flexibility index (Phi) is 4.88. The highest BCUT2D eigenvalue weighted by molar-refractivity contribution is 5.79. The number of pyridine rings is 1. The second-order valence-corrected chi connectivity index (χ2v) is 6.08. The van der Waals surface area contributed by atoms with Gasteiger partial charge in [-0.2, -0.15) is 0 Å². The number of rotatable bonds is 4. The van der Waals surface area contributed by atoms with E-state index in [9.17, 15) is 9.59 Å². The summed E-state index contributed by atoms with van der Waals surface area (Å²) in [5.41, 5.74) is 1.08. The predicted octanol–water partition coefficient (Wildman–Crippen LogP) is 2.31. The first-order chi connectivity index (χ1) is 12.0. The normalized spacial score (nSPS) is 12.0. The molecule has 0 saturated heterocycles. The summed E-state index contributed by atoms with van der Waals surface area (Å²) in [5, 5.41) is 0.549. The van der Waals surface area contributed by atoms with Crippen LogP contribution in [-0.2, 0) is 6.42 Å². The molecule has 6 nitrogen and oxygen atoms in total. The lowest BCUT2D eigenvalue weighted by molar-refractivity contribution is 0.0896. The minimum Gasteiger partial charge on any atom is -0.310 e. The highest BCUT2D eigenvalue weighted by Gasteiger charge is 2.09. The molecule has 6 heteroatoms. The number of fused-ring (bicyclic) bond motifs is 1. The van der Waals surface area contributed by atoms with E-state index in [1.807, 2.05) is 32.0 Å². The summed E-state index contributed by atoms with van der Waals surface area (Å²) in [6, 6.07) is 12.7. The first-order valence-electron chi connectivity index (χ1n) is 8.27. The molecule has 0 aliphatic rings. The smallest absolute Gasteiger partial charge is 0.258 e. The maximum Gasteiger partial charge on any atom is 0.258 e. The zero-order valence-electron chi connectivity index (χ0n) is 14.3. The predicted molar refractivity (Wildman–Crippen MR) is 96.4 cm³/mol. The fourth-order valence-corrected chi connectivity index (χ4v) is 2.61. The summed E-state index contributed by atoms with van der Waals surface area (Å²) < 4.78 is 1.54. The summed E-state index contributed by atoms with van der Waals surface area (Å²) in [5.74, 6) is 0.423. The van der Waals surface area contributed by atoms with Crippen molar-refractivity contribution < 1.29 is 4.79 Å². The fourth-order valence-electron chi connectivity index (χ4n) is 2.61. The van der Waals surface area contributed by atoms with E-state index in [4.69, 9.17) is 0 Å². The molecule has 0 spiro atoms. The Morgan fingerprint density at radius 3 is 2.76 bits per heavy atom. The molecule has 0 atom stereocenters. The van der Waals surface area contributed by atoms with Gasteiger partial charge >= 0.3 is 0 Å². The van der Waals surface area contributed by atoms with Gasteiger partial charge in [0.2, 0.25) is 5.91 Å². The molecule has 3 rings (SSSR count). The van der Waals surface area contributed by atoms with Crippen LogP contribution in [0.25, 0.3) is 10.9 Å². The van der Waals surface area contributed by atoms with Gasteiger partial charge in [-0.1, -0.05) is 18.2 Å². The van der Waals surface area contributed by atoms with Crippen LogP contribution >= 0.6 is 0 Å². The number of aromatic amines is 1. The lowest BCUT2D eigenvalue weighted by Gasteiger charge is -2.07. The molecule has 2 aromatic heterocycles. The Bertz CT molecular complexity index is 1030. The van der Waals surface area contributed by atoms with E-state index in [-0.39, 0.29) is 23.9 Å². The van der Waals surface area contributed by atoms with Gasteiger partial charge in [0.15, 0.2) is 0 Å². The number of benzene rings is 1. The largest absolute Gasteiger partial charge is 0.310 e. The molecule has 2 heterocycles. The van der Waals surface area contributed by atoms with E-state index < -0.39 is 0 Å². The summed E-state index contributed by atoms with van der Waals surface area (Å²) in [6.45, 7) is 3.93.